The molecule has 0 unspecified atom stereocenters. The Morgan fingerprint density at radius 3 is 2.86 bits per heavy atom. The van der Waals surface area contributed by atoms with E-state index in [4.69, 9.17) is 4.74 Å². The highest BCUT2D eigenvalue weighted by Crippen LogP contribution is 2.28. The van der Waals surface area contributed by atoms with E-state index in [1.54, 1.807) is 18.6 Å². The minimum Gasteiger partial charge on any atom is -0.373 e. The second kappa shape index (κ2) is 5.76. The van der Waals surface area contributed by atoms with Crippen LogP contribution in [-0.2, 0) is 4.74 Å². The zero-order valence-electron chi connectivity index (χ0n) is 11.5. The molecular weight excluding hydrogens is 285 g/mol. The van der Waals surface area contributed by atoms with E-state index in [1.165, 1.54) is 0 Å². The van der Waals surface area contributed by atoms with Gasteiger partial charge in [-0.15, -0.1) is 0 Å². The van der Waals surface area contributed by atoms with Gasteiger partial charge in [-0.05, 0) is 0 Å². The van der Waals surface area contributed by atoms with Crippen LogP contribution >= 0.6 is 0 Å². The fourth-order valence-electron chi connectivity index (χ4n) is 2.96. The molecule has 2 aliphatic rings. The van der Waals surface area contributed by atoms with Gasteiger partial charge < -0.3 is 9.64 Å². The quantitative estimate of drug-likeness (QED) is 0.842. The predicted octanol–water partition coefficient (Wildman–Crippen LogP) is 1.32. The first-order valence-electron chi connectivity index (χ1n) is 6.96. The molecule has 1 aromatic rings. The lowest BCUT2D eigenvalue weighted by molar-refractivity contribution is -0.137. The average Bonchev–Trinajstić information content (AvgIpc) is 2.88. The summed E-state index contributed by atoms with van der Waals surface area (Å²) in [6.45, 7) is 2.38. The van der Waals surface area contributed by atoms with Crippen LogP contribution in [0.5, 0.6) is 0 Å². The van der Waals surface area contributed by atoms with Gasteiger partial charge in [0.25, 0.3) is 0 Å². The summed E-state index contributed by atoms with van der Waals surface area (Å²) in [5, 5.41) is 0. The van der Waals surface area contributed by atoms with Gasteiger partial charge in [0.05, 0.1) is 31.4 Å². The van der Waals surface area contributed by atoms with Crippen molar-refractivity contribution in [2.45, 2.75) is 24.7 Å². The number of morpholine rings is 1. The van der Waals surface area contributed by atoms with Gasteiger partial charge in [-0.1, -0.05) is 0 Å². The predicted molar refractivity (Wildman–Crippen MR) is 70.0 cm³/mol. The highest BCUT2D eigenvalue weighted by molar-refractivity contribution is 5.38. The number of anilines is 1. The summed E-state index contributed by atoms with van der Waals surface area (Å²) in [7, 11) is 0. The Morgan fingerprint density at radius 1 is 1.29 bits per heavy atom. The van der Waals surface area contributed by atoms with Gasteiger partial charge in [0.2, 0.25) is 0 Å². The molecule has 21 heavy (non-hydrogen) atoms. The third-order valence-corrected chi connectivity index (χ3v) is 3.93. The number of halogens is 3. The summed E-state index contributed by atoms with van der Waals surface area (Å²) in [4.78, 5) is 12.2. The molecule has 0 bridgehead atoms. The van der Waals surface area contributed by atoms with E-state index in [1.807, 2.05) is 4.90 Å². The minimum atomic E-state index is -4.11. The third-order valence-electron chi connectivity index (χ3n) is 3.93. The number of aromatic nitrogens is 2. The zero-order valence-corrected chi connectivity index (χ0v) is 11.5. The lowest BCUT2D eigenvalue weighted by Gasteiger charge is -2.37. The first-order valence-corrected chi connectivity index (χ1v) is 6.96. The second-order valence-corrected chi connectivity index (χ2v) is 5.36. The molecule has 2 atom stereocenters. The smallest absolute Gasteiger partial charge is 0.373 e. The molecule has 0 saturated carbocycles. The highest BCUT2D eigenvalue weighted by Gasteiger charge is 2.41. The number of fused-ring (bicyclic) bond motifs is 1. The van der Waals surface area contributed by atoms with Crippen molar-refractivity contribution < 1.29 is 17.9 Å². The first-order chi connectivity index (χ1) is 10.0. The molecule has 8 heteroatoms. The molecule has 0 spiro atoms. The van der Waals surface area contributed by atoms with Gasteiger partial charge in [0.1, 0.15) is 5.82 Å². The molecule has 2 saturated heterocycles. The maximum absolute atomic E-state index is 12.3. The van der Waals surface area contributed by atoms with Crippen LogP contribution in [0.1, 0.15) is 6.42 Å². The zero-order chi connectivity index (χ0) is 14.9. The van der Waals surface area contributed by atoms with Gasteiger partial charge >= 0.3 is 6.18 Å². The highest BCUT2D eigenvalue weighted by atomic mass is 19.4. The maximum atomic E-state index is 12.3. The number of ether oxygens (including phenoxy) is 1. The van der Waals surface area contributed by atoms with Crippen LogP contribution < -0.4 is 4.90 Å². The summed E-state index contributed by atoms with van der Waals surface area (Å²) in [5.74, 6) is 0.758. The van der Waals surface area contributed by atoms with Crippen molar-refractivity contribution in [2.75, 3.05) is 37.7 Å². The Balaban J connectivity index is 1.65. The lowest BCUT2D eigenvalue weighted by atomic mass is 10.1. The molecule has 3 heterocycles. The summed E-state index contributed by atoms with van der Waals surface area (Å²) >= 11 is 0. The van der Waals surface area contributed by atoms with Crippen molar-refractivity contribution in [1.29, 1.82) is 0 Å². The van der Waals surface area contributed by atoms with E-state index in [0.29, 0.717) is 26.2 Å². The van der Waals surface area contributed by atoms with Gasteiger partial charge in [-0.25, -0.2) is 4.98 Å². The van der Waals surface area contributed by atoms with Gasteiger partial charge in [0, 0.05) is 38.6 Å². The van der Waals surface area contributed by atoms with E-state index in [2.05, 4.69) is 14.9 Å². The van der Waals surface area contributed by atoms with E-state index >= 15 is 0 Å². The largest absolute Gasteiger partial charge is 0.390 e. The standard InChI is InChI=1S/C13H17F3N4O/c14-13(15,16)1-4-19-8-10-11(9-19)21-6-5-20(10)12-7-17-2-3-18-12/h2-3,7,10-11H,1,4-6,8-9H2/t10-,11-/m0/s1. The molecule has 2 fully saturated rings. The van der Waals surface area contributed by atoms with Gasteiger partial charge in [-0.2, -0.15) is 13.2 Å². The summed E-state index contributed by atoms with van der Waals surface area (Å²) in [5.41, 5.74) is 0. The Labute approximate surface area is 120 Å². The first kappa shape index (κ1) is 14.5. The SMILES string of the molecule is FC(F)(F)CCN1C[C@@H]2OCCN(c3cnccn3)[C@H]2C1. The molecule has 0 radical (unpaired) electrons. The normalized spacial score (nSPS) is 26.9. The number of hydrogen-bond donors (Lipinski definition) is 0. The number of rotatable bonds is 3. The van der Waals surface area contributed by atoms with Crippen LogP contribution in [0.2, 0.25) is 0 Å². The van der Waals surface area contributed by atoms with Crippen LogP contribution in [-0.4, -0.2) is 66.0 Å². The van der Waals surface area contributed by atoms with Crippen molar-refractivity contribution in [2.24, 2.45) is 0 Å². The van der Waals surface area contributed by atoms with Crippen LogP contribution in [0.4, 0.5) is 19.0 Å². The second-order valence-electron chi connectivity index (χ2n) is 5.36. The van der Waals surface area contributed by atoms with Crippen molar-refractivity contribution in [3.8, 4) is 0 Å². The molecule has 0 N–H and O–H groups in total. The molecular formula is C13H17F3N4O. The maximum Gasteiger partial charge on any atom is 0.390 e. The van der Waals surface area contributed by atoms with Crippen molar-refractivity contribution in [1.82, 2.24) is 14.9 Å². The minimum absolute atomic E-state index is 0.0220. The van der Waals surface area contributed by atoms with Crippen molar-refractivity contribution >= 4 is 5.82 Å². The summed E-state index contributed by atoms with van der Waals surface area (Å²) in [6, 6.07) is 0.0451. The number of likely N-dealkylation sites (tertiary alicyclic amines) is 1. The van der Waals surface area contributed by atoms with E-state index in [9.17, 15) is 13.2 Å². The van der Waals surface area contributed by atoms with Gasteiger partial charge in [0.15, 0.2) is 0 Å². The van der Waals surface area contributed by atoms with Crippen LogP contribution in [0, 0.1) is 0 Å². The molecule has 1 aromatic heterocycles. The lowest BCUT2D eigenvalue weighted by Crippen LogP contribution is -2.51. The number of hydrogen-bond acceptors (Lipinski definition) is 5. The number of alkyl halides is 3. The molecule has 0 aromatic carbocycles. The van der Waals surface area contributed by atoms with Crippen LogP contribution in [0.15, 0.2) is 18.6 Å². The molecule has 2 aliphatic heterocycles. The molecule has 3 rings (SSSR count). The Bertz CT molecular complexity index is 470. The monoisotopic (exact) mass is 302 g/mol. The van der Waals surface area contributed by atoms with Crippen LogP contribution in [0.25, 0.3) is 0 Å². The average molecular weight is 302 g/mol. The Hall–Kier alpha value is -1.41. The molecule has 0 aliphatic carbocycles. The molecule has 116 valence electrons. The third kappa shape index (κ3) is 3.44. The number of nitrogens with zero attached hydrogens (tertiary/aromatic N) is 4. The van der Waals surface area contributed by atoms with Crippen molar-refractivity contribution in [3.63, 3.8) is 0 Å². The molecule has 0 amide bonds. The summed E-state index contributed by atoms with van der Waals surface area (Å²) < 4.78 is 42.7. The van der Waals surface area contributed by atoms with E-state index in [-0.39, 0.29) is 18.7 Å². The Kier molecular flexibility index (Phi) is 3.99. The fraction of sp³-hybridized carbons (Fsp3) is 0.692. The van der Waals surface area contributed by atoms with Crippen LogP contribution in [0.3, 0.4) is 0 Å². The van der Waals surface area contributed by atoms with Gasteiger partial charge in [-0.3, -0.25) is 9.88 Å². The van der Waals surface area contributed by atoms with E-state index in [0.717, 1.165) is 5.82 Å². The molecule has 5 nitrogen and oxygen atoms in total. The Morgan fingerprint density at radius 2 is 2.14 bits per heavy atom. The van der Waals surface area contributed by atoms with E-state index < -0.39 is 12.6 Å². The fourth-order valence-corrected chi connectivity index (χ4v) is 2.96. The van der Waals surface area contributed by atoms with Crippen molar-refractivity contribution in [3.05, 3.63) is 18.6 Å². The topological polar surface area (TPSA) is 41.5 Å². The summed E-state index contributed by atoms with van der Waals surface area (Å²) in [6.07, 6.45) is -0.0478.